The molecule has 0 aliphatic carbocycles. The Morgan fingerprint density at radius 1 is 1.26 bits per heavy atom. The molecule has 0 bridgehead atoms. The van der Waals surface area contributed by atoms with E-state index in [1.54, 1.807) is 24.3 Å². The zero-order chi connectivity index (χ0) is 13.7. The van der Waals surface area contributed by atoms with E-state index in [1.807, 2.05) is 0 Å². The normalized spacial score (nSPS) is 11.5. The van der Waals surface area contributed by atoms with Gasteiger partial charge in [0.25, 0.3) is 0 Å². The minimum atomic E-state index is -4.12. The van der Waals surface area contributed by atoms with Crippen molar-refractivity contribution >= 4 is 5.69 Å². The fraction of sp³-hybridized carbons (Fsp3) is 0.308. The van der Waals surface area contributed by atoms with Crippen LogP contribution < -0.4 is 5.32 Å². The largest absolute Gasteiger partial charge is 0.451 e. The third-order valence-electron chi connectivity index (χ3n) is 2.58. The number of nitrogens with one attached hydrogen (secondary N) is 1. The van der Waals surface area contributed by atoms with Gasteiger partial charge < -0.3 is 9.73 Å². The van der Waals surface area contributed by atoms with E-state index >= 15 is 0 Å². The van der Waals surface area contributed by atoms with Crippen molar-refractivity contribution in [2.24, 2.45) is 0 Å². The molecular weight excluding hydrogens is 257 g/mol. The molecule has 2 aromatic rings. The van der Waals surface area contributed by atoms with Crippen LogP contribution in [0.25, 0.3) is 0 Å². The zero-order valence-corrected chi connectivity index (χ0v) is 10.1. The lowest BCUT2D eigenvalue weighted by Gasteiger charge is -2.08. The summed E-state index contributed by atoms with van der Waals surface area (Å²) in [4.78, 5) is 3.94. The van der Waals surface area contributed by atoms with Crippen LogP contribution in [0.1, 0.15) is 17.7 Å². The number of halogens is 3. The van der Waals surface area contributed by atoms with Crippen LogP contribution >= 0.6 is 0 Å². The Morgan fingerprint density at radius 2 is 2.11 bits per heavy atom. The van der Waals surface area contributed by atoms with Crippen molar-refractivity contribution in [3.8, 4) is 0 Å². The van der Waals surface area contributed by atoms with Crippen LogP contribution in [0.4, 0.5) is 18.9 Å². The second-order valence-electron chi connectivity index (χ2n) is 4.15. The molecular formula is C13H13F3N2O. The number of hydrogen-bond acceptors (Lipinski definition) is 3. The highest BCUT2D eigenvalue weighted by Crippen LogP contribution is 2.23. The summed E-state index contributed by atoms with van der Waals surface area (Å²) in [7, 11) is 0. The fourth-order valence-electron chi connectivity index (χ4n) is 1.64. The number of anilines is 1. The van der Waals surface area contributed by atoms with E-state index in [4.69, 9.17) is 4.42 Å². The van der Waals surface area contributed by atoms with E-state index in [2.05, 4.69) is 10.3 Å². The molecule has 0 aliphatic rings. The SMILES string of the molecule is FC(F)(F)CCc1cccc(NCc2cocn2)c1. The van der Waals surface area contributed by atoms with E-state index in [-0.39, 0.29) is 6.42 Å². The molecule has 0 spiro atoms. The van der Waals surface area contributed by atoms with Crippen molar-refractivity contribution in [1.29, 1.82) is 0 Å². The van der Waals surface area contributed by atoms with Gasteiger partial charge in [-0.2, -0.15) is 13.2 Å². The van der Waals surface area contributed by atoms with Crippen molar-refractivity contribution in [2.45, 2.75) is 25.6 Å². The van der Waals surface area contributed by atoms with Gasteiger partial charge in [-0.05, 0) is 24.1 Å². The molecule has 1 aromatic carbocycles. The molecule has 0 aliphatic heterocycles. The lowest BCUT2D eigenvalue weighted by atomic mass is 10.1. The van der Waals surface area contributed by atoms with E-state index in [0.717, 1.165) is 11.4 Å². The van der Waals surface area contributed by atoms with Crippen molar-refractivity contribution in [2.75, 3.05) is 5.32 Å². The number of nitrogens with zero attached hydrogens (tertiary/aromatic N) is 1. The molecule has 6 heteroatoms. The number of benzene rings is 1. The predicted octanol–water partition coefficient (Wildman–Crippen LogP) is 3.78. The van der Waals surface area contributed by atoms with Gasteiger partial charge in [0.15, 0.2) is 6.39 Å². The molecule has 0 saturated carbocycles. The third kappa shape index (κ3) is 4.65. The van der Waals surface area contributed by atoms with Gasteiger partial charge in [0.05, 0.1) is 12.2 Å². The van der Waals surface area contributed by atoms with E-state index in [0.29, 0.717) is 12.1 Å². The Hall–Kier alpha value is -1.98. The van der Waals surface area contributed by atoms with E-state index in [1.165, 1.54) is 12.7 Å². The van der Waals surface area contributed by atoms with E-state index < -0.39 is 12.6 Å². The number of hydrogen-bond donors (Lipinski definition) is 1. The van der Waals surface area contributed by atoms with Crippen LogP contribution in [-0.2, 0) is 13.0 Å². The first-order valence-electron chi connectivity index (χ1n) is 5.79. The van der Waals surface area contributed by atoms with Gasteiger partial charge in [-0.15, -0.1) is 0 Å². The Bertz CT molecular complexity index is 509. The van der Waals surface area contributed by atoms with Gasteiger partial charge in [-0.3, -0.25) is 0 Å². The standard InChI is InChI=1S/C13H13F3N2O/c14-13(15,16)5-4-10-2-1-3-11(6-10)17-7-12-8-19-9-18-12/h1-3,6,8-9,17H,4-5,7H2. The Balaban J connectivity index is 1.91. The van der Waals surface area contributed by atoms with Crippen LogP contribution in [0.3, 0.4) is 0 Å². The monoisotopic (exact) mass is 270 g/mol. The molecule has 1 aromatic heterocycles. The van der Waals surface area contributed by atoms with Crippen LogP contribution in [0.5, 0.6) is 0 Å². The molecule has 3 nitrogen and oxygen atoms in total. The van der Waals surface area contributed by atoms with Gasteiger partial charge >= 0.3 is 6.18 Å². The van der Waals surface area contributed by atoms with Crippen LogP contribution in [0, 0.1) is 0 Å². The summed E-state index contributed by atoms with van der Waals surface area (Å²) < 4.78 is 41.3. The summed E-state index contributed by atoms with van der Waals surface area (Å²) >= 11 is 0. The maximum Gasteiger partial charge on any atom is 0.389 e. The topological polar surface area (TPSA) is 38.1 Å². The molecule has 1 N–H and O–H groups in total. The second-order valence-corrected chi connectivity index (χ2v) is 4.15. The summed E-state index contributed by atoms with van der Waals surface area (Å²) in [6.07, 6.45) is -2.09. The summed E-state index contributed by atoms with van der Waals surface area (Å²) in [6, 6.07) is 6.94. The molecule has 102 valence electrons. The average molecular weight is 270 g/mol. The third-order valence-corrected chi connectivity index (χ3v) is 2.58. The molecule has 0 fully saturated rings. The molecule has 0 atom stereocenters. The first kappa shape index (κ1) is 13.5. The molecule has 0 unspecified atom stereocenters. The second kappa shape index (κ2) is 5.77. The quantitative estimate of drug-likeness (QED) is 0.898. The lowest BCUT2D eigenvalue weighted by molar-refractivity contribution is -0.133. The summed E-state index contributed by atoms with van der Waals surface area (Å²) in [6.45, 7) is 0.471. The van der Waals surface area contributed by atoms with Gasteiger partial charge in [0, 0.05) is 12.1 Å². The van der Waals surface area contributed by atoms with Crippen molar-refractivity contribution < 1.29 is 17.6 Å². The van der Waals surface area contributed by atoms with Crippen molar-refractivity contribution in [1.82, 2.24) is 4.98 Å². The maximum absolute atomic E-state index is 12.1. The number of alkyl halides is 3. The first-order valence-corrected chi connectivity index (χ1v) is 5.79. The van der Waals surface area contributed by atoms with Gasteiger partial charge in [-0.25, -0.2) is 4.98 Å². The minimum Gasteiger partial charge on any atom is -0.451 e. The average Bonchev–Trinajstić information content (AvgIpc) is 2.87. The highest BCUT2D eigenvalue weighted by Gasteiger charge is 2.26. The Labute approximate surface area is 108 Å². The van der Waals surface area contributed by atoms with Crippen LogP contribution in [0.2, 0.25) is 0 Å². The maximum atomic E-state index is 12.1. The number of aromatic nitrogens is 1. The Morgan fingerprint density at radius 3 is 2.79 bits per heavy atom. The highest BCUT2D eigenvalue weighted by atomic mass is 19.4. The predicted molar refractivity (Wildman–Crippen MR) is 64.6 cm³/mol. The number of oxazole rings is 1. The summed E-state index contributed by atoms with van der Waals surface area (Å²) in [5, 5.41) is 3.08. The highest BCUT2D eigenvalue weighted by molar-refractivity contribution is 5.45. The van der Waals surface area contributed by atoms with Gasteiger partial charge in [-0.1, -0.05) is 12.1 Å². The first-order chi connectivity index (χ1) is 9.03. The minimum absolute atomic E-state index is 0.0109. The zero-order valence-electron chi connectivity index (χ0n) is 10.1. The van der Waals surface area contributed by atoms with E-state index in [9.17, 15) is 13.2 Å². The molecule has 0 amide bonds. The summed E-state index contributed by atoms with van der Waals surface area (Å²) in [5.41, 5.74) is 2.16. The Kier molecular flexibility index (Phi) is 4.09. The smallest absolute Gasteiger partial charge is 0.389 e. The fourth-order valence-corrected chi connectivity index (χ4v) is 1.64. The van der Waals surface area contributed by atoms with Crippen molar-refractivity contribution in [3.05, 3.63) is 48.2 Å². The van der Waals surface area contributed by atoms with Gasteiger partial charge in [0.2, 0.25) is 0 Å². The summed E-state index contributed by atoms with van der Waals surface area (Å²) in [5.74, 6) is 0. The number of aryl methyl sites for hydroxylation is 1. The molecule has 2 rings (SSSR count). The van der Waals surface area contributed by atoms with Gasteiger partial charge in [0.1, 0.15) is 6.26 Å². The van der Waals surface area contributed by atoms with Crippen LogP contribution in [0.15, 0.2) is 41.3 Å². The lowest BCUT2D eigenvalue weighted by Crippen LogP contribution is -2.08. The molecule has 1 heterocycles. The van der Waals surface area contributed by atoms with Crippen LogP contribution in [-0.4, -0.2) is 11.2 Å². The number of rotatable bonds is 5. The van der Waals surface area contributed by atoms with Crippen molar-refractivity contribution in [3.63, 3.8) is 0 Å². The molecule has 0 radical (unpaired) electrons. The molecule has 19 heavy (non-hydrogen) atoms. The molecule has 0 saturated heterocycles.